The topological polar surface area (TPSA) is 123 Å². The number of nitrogens with one attached hydrogen (secondary N) is 1. The summed E-state index contributed by atoms with van der Waals surface area (Å²) in [6.07, 6.45) is -5.82. The zero-order valence-corrected chi connectivity index (χ0v) is 25.3. The van der Waals surface area contributed by atoms with Crippen molar-refractivity contribution in [2.75, 3.05) is 5.32 Å². The van der Waals surface area contributed by atoms with E-state index in [2.05, 4.69) is 20.0 Å². The lowest BCUT2D eigenvalue weighted by molar-refractivity contribution is -0.274. The van der Waals surface area contributed by atoms with Crippen molar-refractivity contribution in [1.29, 1.82) is 0 Å². The first-order valence-corrected chi connectivity index (χ1v) is 14.3. The summed E-state index contributed by atoms with van der Waals surface area (Å²) in [5.74, 6) is -4.38. The van der Waals surface area contributed by atoms with E-state index in [-0.39, 0.29) is 28.1 Å². The van der Waals surface area contributed by atoms with Crippen molar-refractivity contribution in [3.63, 3.8) is 0 Å². The van der Waals surface area contributed by atoms with Crippen molar-refractivity contribution in [3.8, 4) is 28.1 Å². The molecule has 1 amide bonds. The zero-order valence-electron chi connectivity index (χ0n) is 24.6. The number of alkyl halides is 6. The highest BCUT2D eigenvalue weighted by Crippen LogP contribution is 2.36. The quantitative estimate of drug-likeness (QED) is 0.211. The Kier molecular flexibility index (Phi) is 10.8. The third-order valence-electron chi connectivity index (χ3n) is 7.09. The van der Waals surface area contributed by atoms with Gasteiger partial charge in [0, 0.05) is 40.0 Å². The molecular formula is C31H24ClF7N4O5. The Morgan fingerprint density at radius 3 is 2.33 bits per heavy atom. The maximum Gasteiger partial charge on any atom is 0.573 e. The average Bonchev–Trinajstić information content (AvgIpc) is 3.00. The van der Waals surface area contributed by atoms with E-state index in [1.807, 2.05) is 0 Å². The lowest BCUT2D eigenvalue weighted by atomic mass is 9.95. The van der Waals surface area contributed by atoms with Crippen molar-refractivity contribution in [2.24, 2.45) is 5.92 Å². The highest BCUT2D eigenvalue weighted by molar-refractivity contribution is 6.31. The van der Waals surface area contributed by atoms with Gasteiger partial charge in [-0.25, -0.2) is 14.2 Å². The number of carbonyl (C=O) groups excluding carboxylic acids is 1. The predicted octanol–water partition coefficient (Wildman–Crippen LogP) is 7.64. The molecule has 2 aromatic heterocycles. The van der Waals surface area contributed by atoms with Gasteiger partial charge in [-0.15, -0.1) is 13.2 Å². The average molecular weight is 701 g/mol. The minimum absolute atomic E-state index is 0.0578. The van der Waals surface area contributed by atoms with Crippen molar-refractivity contribution in [2.45, 2.75) is 44.8 Å². The number of hydrogen-bond acceptors (Lipinski definition) is 6. The summed E-state index contributed by atoms with van der Waals surface area (Å²) in [5.41, 5.74) is 1.27. The van der Waals surface area contributed by atoms with E-state index in [1.54, 1.807) is 19.1 Å². The van der Waals surface area contributed by atoms with Crippen LogP contribution in [0.15, 0.2) is 71.9 Å². The van der Waals surface area contributed by atoms with E-state index in [4.69, 9.17) is 21.5 Å². The molecule has 5 rings (SSSR count). The number of rotatable bonds is 3. The summed E-state index contributed by atoms with van der Waals surface area (Å²) in [5, 5.41) is 10.1. The molecule has 2 bridgehead atoms. The van der Waals surface area contributed by atoms with Crippen molar-refractivity contribution in [1.82, 2.24) is 14.5 Å². The molecule has 0 aliphatic carbocycles. The van der Waals surface area contributed by atoms with Crippen molar-refractivity contribution in [3.05, 3.63) is 94.0 Å². The second kappa shape index (κ2) is 14.4. The molecule has 2 atom stereocenters. The zero-order chi connectivity index (χ0) is 35.4. The fourth-order valence-electron chi connectivity index (χ4n) is 4.80. The number of benzene rings is 2. The minimum Gasteiger partial charge on any atom is -0.475 e. The first kappa shape index (κ1) is 35.9. The van der Waals surface area contributed by atoms with Crippen molar-refractivity contribution < 1.29 is 50.2 Å². The number of anilines is 1. The molecular weight excluding hydrogens is 677 g/mol. The fourth-order valence-corrected chi connectivity index (χ4v) is 4.98. The molecule has 254 valence electrons. The van der Waals surface area contributed by atoms with Crippen LogP contribution in [-0.2, 0) is 9.59 Å². The van der Waals surface area contributed by atoms with Gasteiger partial charge in [-0.05, 0) is 66.9 Å². The highest BCUT2D eigenvalue weighted by atomic mass is 35.5. The SMILES string of the molecule is C[C@@H]1CCC[C@H](n2cnc(-c3cc(Cl)ccc3OC(F)(F)F)cc2=O)c2cc(ccn2)-c2cc(F)ccc2NC1=O.O=C(O)C(F)(F)F. The van der Waals surface area contributed by atoms with Gasteiger partial charge in [0.1, 0.15) is 11.6 Å². The molecule has 4 aromatic rings. The van der Waals surface area contributed by atoms with Gasteiger partial charge in [0.25, 0.3) is 5.56 Å². The molecule has 2 aromatic carbocycles. The summed E-state index contributed by atoms with van der Waals surface area (Å²) < 4.78 is 90.4. The third kappa shape index (κ3) is 9.08. The standard InChI is InChI=1S/C29H23ClF4N4O3.C2HF3O2/c1-16-3-2-4-25(24-11-17(9-10-35-24)20-13-19(31)6-7-22(20)37-28(16)40)38-15-36-23(14-27(38)39)21-12-18(30)5-8-26(21)41-29(32,33)34;3-2(4,5)1(6)7/h5-16,25H,2-4H2,1H3,(H,37,40);(H,6,7)/t16-,25+;/m1./s1. The molecule has 0 unspecified atom stereocenters. The fraction of sp³-hybridized carbons (Fsp3) is 0.258. The van der Waals surface area contributed by atoms with Gasteiger partial charge in [0.2, 0.25) is 5.91 Å². The number of pyridine rings is 1. The Labute approximate surface area is 272 Å². The van der Waals surface area contributed by atoms with Gasteiger partial charge < -0.3 is 15.2 Å². The first-order chi connectivity index (χ1) is 22.4. The second-order valence-electron chi connectivity index (χ2n) is 10.5. The summed E-state index contributed by atoms with van der Waals surface area (Å²) in [4.78, 5) is 43.9. The van der Waals surface area contributed by atoms with Crippen LogP contribution in [0.25, 0.3) is 22.4 Å². The number of carbonyl (C=O) groups is 2. The lowest BCUT2D eigenvalue weighted by Crippen LogP contribution is -2.27. The van der Waals surface area contributed by atoms with Gasteiger partial charge >= 0.3 is 18.5 Å². The van der Waals surface area contributed by atoms with Gasteiger partial charge in [0.15, 0.2) is 0 Å². The normalized spacial score (nSPS) is 16.6. The van der Waals surface area contributed by atoms with Gasteiger partial charge in [-0.1, -0.05) is 24.9 Å². The van der Waals surface area contributed by atoms with E-state index in [0.717, 1.165) is 12.1 Å². The van der Waals surface area contributed by atoms with Gasteiger partial charge in [0.05, 0.1) is 23.8 Å². The third-order valence-corrected chi connectivity index (χ3v) is 7.33. The Hall–Kier alpha value is -4.99. The Balaban J connectivity index is 0.000000671. The molecule has 1 aliphatic heterocycles. The molecule has 0 saturated carbocycles. The Morgan fingerprint density at radius 1 is 0.979 bits per heavy atom. The number of carboxylic acids is 1. The van der Waals surface area contributed by atoms with Crippen molar-refractivity contribution >= 4 is 29.2 Å². The molecule has 0 saturated heterocycles. The predicted molar refractivity (Wildman–Crippen MR) is 159 cm³/mol. The maximum atomic E-state index is 14.2. The summed E-state index contributed by atoms with van der Waals surface area (Å²) in [6, 6.07) is 11.5. The number of fused-ring (bicyclic) bond motifs is 4. The number of aliphatic carboxylic acids is 1. The van der Waals surface area contributed by atoms with Crippen LogP contribution in [0, 0.1) is 11.7 Å². The van der Waals surface area contributed by atoms with Crippen LogP contribution in [0.4, 0.5) is 36.4 Å². The largest absolute Gasteiger partial charge is 0.573 e. The van der Waals surface area contributed by atoms with Crippen LogP contribution >= 0.6 is 11.6 Å². The Morgan fingerprint density at radius 2 is 1.69 bits per heavy atom. The molecule has 0 fully saturated rings. The van der Waals surface area contributed by atoms with Crippen LogP contribution in [0.2, 0.25) is 5.02 Å². The number of carboxylic acid groups (broad SMARTS) is 1. The number of amides is 1. The van der Waals surface area contributed by atoms with E-state index in [1.165, 1.54) is 47.4 Å². The van der Waals surface area contributed by atoms with Gasteiger partial charge in [-0.3, -0.25) is 19.1 Å². The molecule has 0 radical (unpaired) electrons. The molecule has 0 spiro atoms. The molecule has 2 N–H and O–H groups in total. The van der Waals surface area contributed by atoms with Crippen LogP contribution in [0.5, 0.6) is 5.75 Å². The lowest BCUT2D eigenvalue weighted by Gasteiger charge is -2.23. The monoisotopic (exact) mass is 700 g/mol. The Bertz CT molecular complexity index is 1880. The summed E-state index contributed by atoms with van der Waals surface area (Å²) in [7, 11) is 0. The smallest absolute Gasteiger partial charge is 0.475 e. The minimum atomic E-state index is -5.08. The van der Waals surface area contributed by atoms with Crippen LogP contribution in [0.3, 0.4) is 0 Å². The molecule has 3 heterocycles. The first-order valence-electron chi connectivity index (χ1n) is 13.9. The van der Waals surface area contributed by atoms with Crippen LogP contribution in [0.1, 0.15) is 37.9 Å². The van der Waals surface area contributed by atoms with E-state index in [9.17, 15) is 40.3 Å². The van der Waals surface area contributed by atoms with Crippen LogP contribution in [-0.4, -0.2) is 44.1 Å². The number of aromatic nitrogens is 3. The van der Waals surface area contributed by atoms with E-state index in [0.29, 0.717) is 41.8 Å². The number of nitrogens with zero attached hydrogens (tertiary/aromatic N) is 3. The second-order valence-corrected chi connectivity index (χ2v) is 10.9. The highest BCUT2D eigenvalue weighted by Gasteiger charge is 2.38. The molecule has 17 heteroatoms. The van der Waals surface area contributed by atoms with E-state index < -0.39 is 41.7 Å². The summed E-state index contributed by atoms with van der Waals surface area (Å²) >= 11 is 6.02. The molecule has 9 nitrogen and oxygen atoms in total. The number of halogens is 8. The summed E-state index contributed by atoms with van der Waals surface area (Å²) in [6.45, 7) is 1.78. The molecule has 1 aliphatic rings. The number of ether oxygens (including phenoxy) is 1. The maximum absolute atomic E-state index is 14.2. The number of hydrogen-bond donors (Lipinski definition) is 2. The van der Waals surface area contributed by atoms with Crippen LogP contribution < -0.4 is 15.6 Å². The van der Waals surface area contributed by atoms with E-state index >= 15 is 0 Å². The van der Waals surface area contributed by atoms with Gasteiger partial charge in [-0.2, -0.15) is 13.2 Å². The molecule has 48 heavy (non-hydrogen) atoms.